The normalized spacial score (nSPS) is 10.7. The molecule has 2 aromatic heterocycles. The number of nitrogens with one attached hydrogen (secondary N) is 1. The number of aromatic amines is 1. The minimum Gasteiger partial charge on any atom is -0.382 e. The Morgan fingerprint density at radius 3 is 2.72 bits per heavy atom. The van der Waals surface area contributed by atoms with E-state index in [9.17, 15) is 0 Å². The third kappa shape index (κ3) is 1.85. The molecule has 3 N–H and O–H groups in total. The molecule has 0 saturated heterocycles. The van der Waals surface area contributed by atoms with Gasteiger partial charge in [0.25, 0.3) is 0 Å². The Kier molecular flexibility index (Phi) is 2.93. The van der Waals surface area contributed by atoms with Crippen LogP contribution in [0, 0.1) is 0 Å². The summed E-state index contributed by atoms with van der Waals surface area (Å²) in [7, 11) is 0. The highest BCUT2D eigenvalue weighted by Gasteiger charge is 2.16. The Hall–Kier alpha value is -1.59. The lowest BCUT2D eigenvalue weighted by Crippen LogP contribution is -1.87. The Labute approximate surface area is 117 Å². The van der Waals surface area contributed by atoms with Crippen molar-refractivity contribution >= 4 is 33.1 Å². The maximum Gasteiger partial charge on any atom is 0.154 e. The molecule has 0 fully saturated rings. The average Bonchev–Trinajstić information content (AvgIpc) is 2.98. The lowest BCUT2D eigenvalue weighted by atomic mass is 10.1. The van der Waals surface area contributed by atoms with Crippen molar-refractivity contribution < 1.29 is 0 Å². The van der Waals surface area contributed by atoms with Gasteiger partial charge in [0.05, 0.1) is 11.3 Å². The molecule has 90 valence electrons. The highest BCUT2D eigenvalue weighted by molar-refractivity contribution is 9.10. The predicted molar refractivity (Wildman–Crippen MR) is 79.4 cm³/mol. The van der Waals surface area contributed by atoms with E-state index in [2.05, 4.69) is 26.1 Å². The second-order valence-electron chi connectivity index (χ2n) is 3.82. The molecule has 0 atom stereocenters. The van der Waals surface area contributed by atoms with E-state index in [0.29, 0.717) is 5.82 Å². The van der Waals surface area contributed by atoms with Crippen molar-refractivity contribution in [3.05, 3.63) is 46.3 Å². The minimum atomic E-state index is 0.531. The van der Waals surface area contributed by atoms with Crippen molar-refractivity contribution in [3.63, 3.8) is 0 Å². The van der Waals surface area contributed by atoms with Crippen LogP contribution in [0.4, 0.5) is 5.82 Å². The molecule has 0 aliphatic carbocycles. The van der Waals surface area contributed by atoms with Crippen molar-refractivity contribution in [2.24, 2.45) is 0 Å². The fourth-order valence-electron chi connectivity index (χ4n) is 1.89. The summed E-state index contributed by atoms with van der Waals surface area (Å²) in [6.07, 6.45) is 0. The smallest absolute Gasteiger partial charge is 0.154 e. The van der Waals surface area contributed by atoms with Crippen molar-refractivity contribution in [2.75, 3.05) is 5.73 Å². The van der Waals surface area contributed by atoms with E-state index >= 15 is 0 Å². The van der Waals surface area contributed by atoms with Crippen LogP contribution >= 0.6 is 27.3 Å². The summed E-state index contributed by atoms with van der Waals surface area (Å²) >= 11 is 5.21. The number of H-pyrrole nitrogens is 1. The molecular weight excluding hydrogens is 310 g/mol. The molecule has 18 heavy (non-hydrogen) atoms. The van der Waals surface area contributed by atoms with E-state index in [1.807, 2.05) is 41.8 Å². The van der Waals surface area contributed by atoms with Gasteiger partial charge in [-0.05, 0) is 17.5 Å². The molecule has 0 spiro atoms. The second-order valence-corrected chi connectivity index (χ2v) is 5.62. The summed E-state index contributed by atoms with van der Waals surface area (Å²) in [5, 5.41) is 9.18. The molecule has 3 aromatic rings. The fraction of sp³-hybridized carbons (Fsp3) is 0. The van der Waals surface area contributed by atoms with E-state index in [0.717, 1.165) is 26.2 Å². The average molecular weight is 320 g/mol. The number of anilines is 1. The Morgan fingerprint density at radius 2 is 2.00 bits per heavy atom. The van der Waals surface area contributed by atoms with E-state index in [1.165, 1.54) is 0 Å². The van der Waals surface area contributed by atoms with Crippen molar-refractivity contribution in [2.45, 2.75) is 0 Å². The van der Waals surface area contributed by atoms with E-state index in [1.54, 1.807) is 11.3 Å². The van der Waals surface area contributed by atoms with Crippen LogP contribution in [0.5, 0.6) is 0 Å². The van der Waals surface area contributed by atoms with Gasteiger partial charge in [0.2, 0.25) is 0 Å². The Balaban J connectivity index is 2.23. The first-order valence-corrected chi connectivity index (χ1v) is 7.07. The van der Waals surface area contributed by atoms with Crippen LogP contribution in [0.1, 0.15) is 0 Å². The minimum absolute atomic E-state index is 0.531. The number of aromatic nitrogens is 2. The standard InChI is InChI=1S/C13H10BrN3S/c14-9-5-2-1-4-8(9)12-11(13(15)17-16-12)10-6-3-7-18-10/h1-7H,(H3,15,16,17). The van der Waals surface area contributed by atoms with Crippen LogP contribution < -0.4 is 5.73 Å². The van der Waals surface area contributed by atoms with Gasteiger partial charge in [-0.25, -0.2) is 0 Å². The van der Waals surface area contributed by atoms with Gasteiger partial charge in [0, 0.05) is 14.9 Å². The molecule has 0 unspecified atom stereocenters. The predicted octanol–water partition coefficient (Wildman–Crippen LogP) is 4.15. The van der Waals surface area contributed by atoms with Gasteiger partial charge >= 0.3 is 0 Å². The summed E-state index contributed by atoms with van der Waals surface area (Å²) in [5.41, 5.74) is 8.95. The van der Waals surface area contributed by atoms with Crippen molar-refractivity contribution in [3.8, 4) is 21.7 Å². The second kappa shape index (κ2) is 4.59. The molecule has 0 saturated carbocycles. The van der Waals surface area contributed by atoms with Gasteiger partial charge in [0.15, 0.2) is 5.82 Å². The summed E-state index contributed by atoms with van der Waals surface area (Å²) in [4.78, 5) is 1.12. The summed E-state index contributed by atoms with van der Waals surface area (Å²) in [5.74, 6) is 0.531. The molecule has 5 heteroatoms. The SMILES string of the molecule is Nc1n[nH]c(-c2ccccc2Br)c1-c1cccs1. The number of hydrogen-bond donors (Lipinski definition) is 2. The third-order valence-corrected chi connectivity index (χ3v) is 4.28. The van der Waals surface area contributed by atoms with Gasteiger partial charge in [-0.1, -0.05) is 40.2 Å². The van der Waals surface area contributed by atoms with Gasteiger partial charge in [-0.2, -0.15) is 5.10 Å². The van der Waals surface area contributed by atoms with Gasteiger partial charge in [-0.15, -0.1) is 11.3 Å². The maximum atomic E-state index is 5.97. The highest BCUT2D eigenvalue weighted by atomic mass is 79.9. The number of hydrogen-bond acceptors (Lipinski definition) is 3. The molecule has 0 aliphatic rings. The van der Waals surface area contributed by atoms with Crippen LogP contribution in [0.15, 0.2) is 46.3 Å². The van der Waals surface area contributed by atoms with E-state index < -0.39 is 0 Å². The van der Waals surface area contributed by atoms with Crippen LogP contribution in [0.3, 0.4) is 0 Å². The van der Waals surface area contributed by atoms with Crippen molar-refractivity contribution in [1.82, 2.24) is 10.2 Å². The van der Waals surface area contributed by atoms with Crippen LogP contribution in [-0.2, 0) is 0 Å². The zero-order valence-electron chi connectivity index (χ0n) is 9.35. The van der Waals surface area contributed by atoms with Crippen LogP contribution in [-0.4, -0.2) is 10.2 Å². The first-order chi connectivity index (χ1) is 8.77. The number of thiophene rings is 1. The lowest BCUT2D eigenvalue weighted by Gasteiger charge is -2.04. The van der Waals surface area contributed by atoms with Gasteiger partial charge < -0.3 is 5.73 Å². The van der Waals surface area contributed by atoms with Crippen LogP contribution in [0.2, 0.25) is 0 Å². The van der Waals surface area contributed by atoms with E-state index in [4.69, 9.17) is 5.73 Å². The molecule has 0 aliphatic heterocycles. The molecule has 1 aromatic carbocycles. The summed E-state index contributed by atoms with van der Waals surface area (Å²) < 4.78 is 1.02. The third-order valence-electron chi connectivity index (χ3n) is 2.71. The summed E-state index contributed by atoms with van der Waals surface area (Å²) in [6.45, 7) is 0. The molecule has 2 heterocycles. The molecule has 3 rings (SSSR count). The van der Waals surface area contributed by atoms with Gasteiger partial charge in [0.1, 0.15) is 0 Å². The molecule has 0 radical (unpaired) electrons. The molecule has 0 bridgehead atoms. The highest BCUT2D eigenvalue weighted by Crippen LogP contribution is 2.39. The quantitative estimate of drug-likeness (QED) is 0.745. The first kappa shape index (κ1) is 11.5. The van der Waals surface area contributed by atoms with Gasteiger partial charge in [-0.3, -0.25) is 5.10 Å². The molecular formula is C13H10BrN3S. The zero-order chi connectivity index (χ0) is 12.5. The number of halogens is 1. The van der Waals surface area contributed by atoms with Crippen molar-refractivity contribution in [1.29, 1.82) is 0 Å². The first-order valence-electron chi connectivity index (χ1n) is 5.40. The number of nitrogen functional groups attached to an aromatic ring is 1. The zero-order valence-corrected chi connectivity index (χ0v) is 11.8. The number of nitrogens with zero attached hydrogens (tertiary/aromatic N) is 1. The summed E-state index contributed by atoms with van der Waals surface area (Å²) in [6, 6.07) is 12.1. The largest absolute Gasteiger partial charge is 0.382 e. The monoisotopic (exact) mass is 319 g/mol. The topological polar surface area (TPSA) is 54.7 Å². The Morgan fingerprint density at radius 1 is 1.17 bits per heavy atom. The fourth-order valence-corrected chi connectivity index (χ4v) is 3.15. The number of nitrogens with two attached hydrogens (primary N) is 1. The van der Waals surface area contributed by atoms with E-state index in [-0.39, 0.29) is 0 Å². The maximum absolute atomic E-state index is 5.97. The number of benzene rings is 1. The number of rotatable bonds is 2. The molecule has 0 amide bonds. The van der Waals surface area contributed by atoms with Crippen LogP contribution in [0.25, 0.3) is 21.7 Å². The molecule has 3 nitrogen and oxygen atoms in total. The lowest BCUT2D eigenvalue weighted by molar-refractivity contribution is 1.10. The Bertz CT molecular complexity index is 673.